The zero-order valence-corrected chi connectivity index (χ0v) is 13.8. The highest BCUT2D eigenvalue weighted by Gasteiger charge is 2.15. The molecule has 1 amide bonds. The number of nitrogens with one attached hydrogen (secondary N) is 1. The van der Waals surface area contributed by atoms with Crippen molar-refractivity contribution in [2.24, 2.45) is 0 Å². The second-order valence-electron chi connectivity index (χ2n) is 5.37. The molecule has 0 spiro atoms. The summed E-state index contributed by atoms with van der Waals surface area (Å²) in [5, 5.41) is 3.55. The quantitative estimate of drug-likeness (QED) is 0.903. The van der Waals surface area contributed by atoms with Gasteiger partial charge in [0, 0.05) is 11.6 Å². The van der Waals surface area contributed by atoms with Crippen LogP contribution in [0.5, 0.6) is 5.75 Å². The van der Waals surface area contributed by atoms with Crippen LogP contribution in [0.15, 0.2) is 42.5 Å². The van der Waals surface area contributed by atoms with E-state index in [4.69, 9.17) is 16.3 Å². The van der Waals surface area contributed by atoms with Crippen molar-refractivity contribution >= 4 is 17.5 Å². The molecule has 116 valence electrons. The van der Waals surface area contributed by atoms with Crippen molar-refractivity contribution in [3.63, 3.8) is 0 Å². The molecular weight excluding hydrogens is 298 g/mol. The number of carbonyl (C=O) groups is 1. The predicted molar refractivity (Wildman–Crippen MR) is 89.3 cm³/mol. The van der Waals surface area contributed by atoms with Crippen LogP contribution in [0.4, 0.5) is 0 Å². The van der Waals surface area contributed by atoms with Crippen molar-refractivity contribution < 1.29 is 9.53 Å². The van der Waals surface area contributed by atoms with Crippen molar-refractivity contribution in [3.05, 3.63) is 64.2 Å². The van der Waals surface area contributed by atoms with Crippen LogP contribution in [0.1, 0.15) is 23.6 Å². The van der Waals surface area contributed by atoms with Crippen molar-refractivity contribution in [1.29, 1.82) is 0 Å². The van der Waals surface area contributed by atoms with Gasteiger partial charge < -0.3 is 10.1 Å². The first-order valence-corrected chi connectivity index (χ1v) is 7.59. The lowest BCUT2D eigenvalue weighted by Gasteiger charge is -2.16. The number of carbonyl (C=O) groups excluding carboxylic acids is 1. The third-order valence-electron chi connectivity index (χ3n) is 3.40. The topological polar surface area (TPSA) is 38.3 Å². The number of hydrogen-bond acceptors (Lipinski definition) is 2. The van der Waals surface area contributed by atoms with Gasteiger partial charge in [0.15, 0.2) is 6.10 Å². The summed E-state index contributed by atoms with van der Waals surface area (Å²) in [4.78, 5) is 12.1. The Hall–Kier alpha value is -2.00. The lowest BCUT2D eigenvalue weighted by atomic mass is 10.1. The fourth-order valence-corrected chi connectivity index (χ4v) is 2.14. The molecule has 0 saturated carbocycles. The molecule has 2 aromatic carbocycles. The van der Waals surface area contributed by atoms with Crippen molar-refractivity contribution in [3.8, 4) is 5.75 Å². The van der Waals surface area contributed by atoms with Gasteiger partial charge in [0.2, 0.25) is 0 Å². The summed E-state index contributed by atoms with van der Waals surface area (Å²) < 4.78 is 5.76. The second kappa shape index (κ2) is 7.32. The Morgan fingerprint density at radius 1 is 1.18 bits per heavy atom. The first-order chi connectivity index (χ1) is 10.5. The fraction of sp³-hybridized carbons (Fsp3) is 0.278. The normalized spacial score (nSPS) is 11.8. The van der Waals surface area contributed by atoms with Gasteiger partial charge in [0.25, 0.3) is 5.91 Å². The minimum atomic E-state index is -0.548. The fourth-order valence-electron chi connectivity index (χ4n) is 2.01. The average Bonchev–Trinajstić information content (AvgIpc) is 2.50. The highest BCUT2D eigenvalue weighted by atomic mass is 35.5. The first-order valence-electron chi connectivity index (χ1n) is 7.22. The number of halogens is 1. The molecule has 0 bridgehead atoms. The Morgan fingerprint density at radius 2 is 1.86 bits per heavy atom. The summed E-state index contributed by atoms with van der Waals surface area (Å²) >= 11 is 5.84. The molecule has 2 aromatic rings. The minimum Gasteiger partial charge on any atom is -0.481 e. The summed E-state index contributed by atoms with van der Waals surface area (Å²) in [6.45, 7) is 6.17. The molecule has 0 heterocycles. The van der Waals surface area contributed by atoms with Gasteiger partial charge in [-0.2, -0.15) is 0 Å². The molecule has 0 aliphatic carbocycles. The molecule has 0 radical (unpaired) electrons. The third kappa shape index (κ3) is 4.50. The van der Waals surface area contributed by atoms with E-state index < -0.39 is 6.10 Å². The summed E-state index contributed by atoms with van der Waals surface area (Å²) in [5.74, 6) is 0.602. The van der Waals surface area contributed by atoms with E-state index in [0.29, 0.717) is 11.6 Å². The van der Waals surface area contributed by atoms with Crippen LogP contribution in [0.25, 0.3) is 0 Å². The van der Waals surface area contributed by atoms with Gasteiger partial charge in [-0.1, -0.05) is 35.9 Å². The maximum absolute atomic E-state index is 12.1. The molecule has 0 unspecified atom stereocenters. The van der Waals surface area contributed by atoms with Crippen LogP contribution in [0, 0.1) is 13.8 Å². The molecule has 0 saturated heterocycles. The van der Waals surface area contributed by atoms with Crippen LogP contribution in [-0.4, -0.2) is 12.0 Å². The summed E-state index contributed by atoms with van der Waals surface area (Å²) in [6.07, 6.45) is -0.548. The van der Waals surface area contributed by atoms with Crippen molar-refractivity contribution in [2.75, 3.05) is 0 Å². The molecule has 2 rings (SSSR count). The lowest BCUT2D eigenvalue weighted by molar-refractivity contribution is -0.127. The highest BCUT2D eigenvalue weighted by molar-refractivity contribution is 6.30. The van der Waals surface area contributed by atoms with Crippen LogP contribution in [0.3, 0.4) is 0 Å². The van der Waals surface area contributed by atoms with E-state index in [1.54, 1.807) is 19.1 Å². The number of hydrogen-bond donors (Lipinski definition) is 1. The van der Waals surface area contributed by atoms with Crippen molar-refractivity contribution in [2.45, 2.75) is 33.4 Å². The largest absolute Gasteiger partial charge is 0.481 e. The molecule has 1 N–H and O–H groups in total. The van der Waals surface area contributed by atoms with Crippen molar-refractivity contribution in [1.82, 2.24) is 5.32 Å². The van der Waals surface area contributed by atoms with Crippen LogP contribution < -0.4 is 10.1 Å². The minimum absolute atomic E-state index is 0.143. The van der Waals surface area contributed by atoms with Gasteiger partial charge in [0.05, 0.1) is 0 Å². The van der Waals surface area contributed by atoms with E-state index in [9.17, 15) is 4.79 Å². The standard InChI is InChI=1S/C18H20ClNO2/c1-12-4-5-13(2)17(10-12)22-14(3)18(21)20-11-15-6-8-16(19)9-7-15/h4-10,14H,11H2,1-3H3,(H,20,21)/t14-/m0/s1. The zero-order chi connectivity index (χ0) is 16.1. The number of amides is 1. The number of ether oxygens (including phenoxy) is 1. The van der Waals surface area contributed by atoms with Gasteiger partial charge in [0.1, 0.15) is 5.75 Å². The third-order valence-corrected chi connectivity index (χ3v) is 3.65. The smallest absolute Gasteiger partial charge is 0.261 e. The Kier molecular flexibility index (Phi) is 5.45. The summed E-state index contributed by atoms with van der Waals surface area (Å²) in [6, 6.07) is 13.3. The molecular formula is C18H20ClNO2. The lowest BCUT2D eigenvalue weighted by Crippen LogP contribution is -2.36. The maximum atomic E-state index is 12.1. The van der Waals surface area contributed by atoms with Gasteiger partial charge in [-0.25, -0.2) is 0 Å². The monoisotopic (exact) mass is 317 g/mol. The summed E-state index contributed by atoms with van der Waals surface area (Å²) in [5.41, 5.74) is 3.12. The van der Waals surface area contributed by atoms with Crippen LogP contribution in [0.2, 0.25) is 5.02 Å². The average molecular weight is 318 g/mol. The van der Waals surface area contributed by atoms with E-state index in [1.807, 2.05) is 44.2 Å². The van der Waals surface area contributed by atoms with Gasteiger partial charge in [-0.15, -0.1) is 0 Å². The van der Waals surface area contributed by atoms with E-state index in [1.165, 1.54) is 0 Å². The number of aryl methyl sites for hydroxylation is 2. The van der Waals surface area contributed by atoms with Crippen LogP contribution in [-0.2, 0) is 11.3 Å². The van der Waals surface area contributed by atoms with E-state index in [0.717, 1.165) is 22.4 Å². The molecule has 22 heavy (non-hydrogen) atoms. The second-order valence-corrected chi connectivity index (χ2v) is 5.81. The van der Waals surface area contributed by atoms with Crippen LogP contribution >= 0.6 is 11.6 Å². The molecule has 4 heteroatoms. The van der Waals surface area contributed by atoms with E-state index >= 15 is 0 Å². The SMILES string of the molecule is Cc1ccc(C)c(O[C@@H](C)C(=O)NCc2ccc(Cl)cc2)c1. The highest BCUT2D eigenvalue weighted by Crippen LogP contribution is 2.20. The Labute approximate surface area is 136 Å². The number of rotatable bonds is 5. The molecule has 3 nitrogen and oxygen atoms in total. The Bertz CT molecular complexity index is 653. The van der Waals surface area contributed by atoms with Gasteiger partial charge in [-0.3, -0.25) is 4.79 Å². The molecule has 1 atom stereocenters. The Morgan fingerprint density at radius 3 is 2.55 bits per heavy atom. The predicted octanol–water partition coefficient (Wildman–Crippen LogP) is 4.04. The van der Waals surface area contributed by atoms with Gasteiger partial charge >= 0.3 is 0 Å². The van der Waals surface area contributed by atoms with E-state index in [-0.39, 0.29) is 5.91 Å². The molecule has 0 fully saturated rings. The number of benzene rings is 2. The maximum Gasteiger partial charge on any atom is 0.261 e. The first kappa shape index (κ1) is 16.4. The molecule has 0 aromatic heterocycles. The summed E-state index contributed by atoms with van der Waals surface area (Å²) in [7, 11) is 0. The zero-order valence-electron chi connectivity index (χ0n) is 13.0. The van der Waals surface area contributed by atoms with E-state index in [2.05, 4.69) is 5.32 Å². The molecule has 0 aliphatic heterocycles. The molecule has 0 aliphatic rings. The Balaban J connectivity index is 1.91. The van der Waals surface area contributed by atoms with Gasteiger partial charge in [-0.05, 0) is 55.7 Å².